The maximum Gasteiger partial charge on any atom is 0.386 e. The number of carbonyl (C=O) groups excluding carboxylic acids is 1. The number of carbonyl (C=O) groups is 1. The van der Waals surface area contributed by atoms with E-state index >= 15 is 0 Å². The van der Waals surface area contributed by atoms with Crippen LogP contribution in [0, 0.1) is 17.8 Å². The van der Waals surface area contributed by atoms with E-state index in [-0.39, 0.29) is 21.0 Å². The van der Waals surface area contributed by atoms with Crippen LogP contribution >= 0.6 is 0 Å². The van der Waals surface area contributed by atoms with Crippen molar-refractivity contribution in [2.75, 3.05) is 41.9 Å². The molecule has 0 atom stereocenters. The molecule has 1 saturated carbocycles. The molecule has 0 spiro atoms. The van der Waals surface area contributed by atoms with Crippen LogP contribution < -0.4 is 11.3 Å². The van der Waals surface area contributed by atoms with Gasteiger partial charge in [0.15, 0.2) is 0 Å². The van der Waals surface area contributed by atoms with Gasteiger partial charge in [-0.1, -0.05) is 105 Å². The van der Waals surface area contributed by atoms with Gasteiger partial charge in [0.05, 0.1) is 0 Å². The summed E-state index contributed by atoms with van der Waals surface area (Å²) in [6, 6.07) is 9.84. The summed E-state index contributed by atoms with van der Waals surface area (Å²) < 4.78 is 31.1. The molecule has 1 aliphatic rings. The quantitative estimate of drug-likeness (QED) is 0.0902. The second kappa shape index (κ2) is 92.7. The average molecular weight is 819 g/mol. The lowest BCUT2D eigenvalue weighted by molar-refractivity contribution is -0.110. The molecule has 2 rings (SSSR count). The maximum absolute atomic E-state index is 10.4. The van der Waals surface area contributed by atoms with Gasteiger partial charge < -0.3 is 46.1 Å². The average Bonchev–Trinajstić information content (AvgIpc) is 3.92. The molecule has 15 nitrogen and oxygen atoms in total. The lowest BCUT2D eigenvalue weighted by atomic mass is 10.2. The van der Waals surface area contributed by atoms with E-state index in [4.69, 9.17) is 19.9 Å². The van der Waals surface area contributed by atoms with E-state index in [0.717, 1.165) is 23.3 Å². The van der Waals surface area contributed by atoms with Crippen LogP contribution in [0.15, 0.2) is 66.1 Å². The first-order chi connectivity index (χ1) is 25.6. The van der Waals surface area contributed by atoms with E-state index in [9.17, 15) is 13.2 Å². The fourth-order valence-corrected chi connectivity index (χ4v) is 0.861. The first-order valence-corrected chi connectivity index (χ1v) is 16.5. The fourth-order valence-electron chi connectivity index (χ4n) is 0.861. The van der Waals surface area contributed by atoms with E-state index in [1.165, 1.54) is 26.4 Å². The molecular weight excluding hydrogens is 733 g/mol. The summed E-state index contributed by atoms with van der Waals surface area (Å²) in [5.74, 6) is 7.16. The number of aliphatic imine (C=N–C) groups is 1. The Morgan fingerprint density at radius 3 is 1.27 bits per heavy atom. The standard InChI is InChI=1S/C8H9NO.C5H12.C4H8.C4H10.C3H8N2.C2H3F3.C2H6N2.C2H5NO.C2H5N.C2H6O.CH4N2.CH3NO.CH2O.CH4/c1-9-10-7-8-5-3-2-4-6-8;1-4-5(2)3;1-4-2-3-4;1-4(2)3;1-4-5(2)3;1-2(3,4)5;2*1-3-4-2;1-3-2;1-2-3;1-3-2;1-2-3;1-2;/h2-6H,1,7H2;5H,4H2,1-3H3;4H,2-3H2,1H3;4H,1-3H3;1H2,2-3H3;1H3;4H,1H2,2H3;1H2,2H3;1H2,2H3;3H,2H2,1H3;1-2H2;3H,1H2;1H2;1H4. The minimum Gasteiger partial charge on any atom is -0.411 e. The van der Waals surface area contributed by atoms with Gasteiger partial charge in [0.1, 0.15) is 20.5 Å². The number of nitrogens with one attached hydrogen (secondary N) is 1. The molecule has 0 saturated heterocycles. The van der Waals surface area contributed by atoms with E-state index in [1.807, 2.05) is 51.2 Å². The van der Waals surface area contributed by atoms with Crippen molar-refractivity contribution in [2.24, 2.45) is 59.4 Å². The van der Waals surface area contributed by atoms with Crippen LogP contribution in [0.2, 0.25) is 0 Å². The number of halogens is 3. The molecule has 0 radical (unpaired) electrons. The molecule has 0 amide bonds. The van der Waals surface area contributed by atoms with Crippen molar-refractivity contribution >= 4 is 53.8 Å². The van der Waals surface area contributed by atoms with Crippen molar-refractivity contribution in [1.29, 1.82) is 0 Å². The van der Waals surface area contributed by atoms with Crippen LogP contribution in [0.3, 0.4) is 0 Å². The van der Waals surface area contributed by atoms with Crippen molar-refractivity contribution in [3.8, 4) is 0 Å². The van der Waals surface area contributed by atoms with Crippen LogP contribution in [-0.2, 0) is 21.1 Å². The number of benzene rings is 1. The maximum atomic E-state index is 10.4. The van der Waals surface area contributed by atoms with E-state index in [2.05, 4.69) is 147 Å². The molecule has 1 fully saturated rings. The van der Waals surface area contributed by atoms with Gasteiger partial charge in [0.2, 0.25) is 0 Å². The van der Waals surface area contributed by atoms with Crippen molar-refractivity contribution < 1.29 is 38.0 Å². The first kappa shape index (κ1) is 83.9. The van der Waals surface area contributed by atoms with Crippen LogP contribution in [0.5, 0.6) is 0 Å². The predicted octanol–water partition coefficient (Wildman–Crippen LogP) is 9.16. The monoisotopic (exact) mass is 819 g/mol. The van der Waals surface area contributed by atoms with Gasteiger partial charge in [-0.15, -0.1) is 15.5 Å². The summed E-state index contributed by atoms with van der Waals surface area (Å²) in [7, 11) is 8.44. The van der Waals surface area contributed by atoms with Gasteiger partial charge in [-0.25, -0.2) is 0 Å². The van der Waals surface area contributed by atoms with Crippen LogP contribution in [-0.4, -0.2) is 117 Å². The highest BCUT2D eigenvalue weighted by Gasteiger charge is 2.15. The van der Waals surface area contributed by atoms with Crippen LogP contribution in [0.1, 0.15) is 94.6 Å². The second-order valence-corrected chi connectivity index (χ2v) is 10.5. The van der Waals surface area contributed by atoms with Gasteiger partial charge in [-0.05, 0) is 37.0 Å². The molecule has 0 aliphatic heterocycles. The normalized spacial score (nSPS) is 8.43. The molecular formula is C38H85F3N10O5. The van der Waals surface area contributed by atoms with Gasteiger partial charge in [-0.2, -0.15) is 28.5 Å². The number of hydrazone groups is 3. The third-order valence-electron chi connectivity index (χ3n) is 3.42. The first-order valence-electron chi connectivity index (χ1n) is 16.5. The lowest BCUT2D eigenvalue weighted by Crippen LogP contribution is -1.98. The Morgan fingerprint density at radius 2 is 1.16 bits per heavy atom. The summed E-state index contributed by atoms with van der Waals surface area (Å²) in [4.78, 5) is 20.0. The molecule has 1 aromatic rings. The Hall–Kier alpha value is -4.87. The van der Waals surface area contributed by atoms with E-state index < -0.39 is 6.18 Å². The van der Waals surface area contributed by atoms with Crippen molar-refractivity contribution in [3.63, 3.8) is 0 Å². The molecule has 1 aromatic carbocycles. The number of hydrogen-bond donors (Lipinski definition) is 4. The highest BCUT2D eigenvalue weighted by atomic mass is 19.4. The van der Waals surface area contributed by atoms with Crippen molar-refractivity contribution in [2.45, 2.75) is 102 Å². The highest BCUT2D eigenvalue weighted by Crippen LogP contribution is 2.26. The smallest absolute Gasteiger partial charge is 0.386 e. The molecule has 1 aliphatic carbocycles. The number of oxime groups is 3. The number of alkyl halides is 3. The van der Waals surface area contributed by atoms with E-state index in [0.29, 0.717) is 6.61 Å². The number of hydrogen-bond acceptors (Lipinski definition) is 15. The SMILES string of the molecule is C.C=NC.C=NN.C=NN(C)C.C=NNC.C=NO.C=NOC.C=NOCc1ccccc1.C=O.CC(C)C.CC(F)(F)F.CC1CC1.CCC(C)C.CCO. The number of nitrogens with zero attached hydrogens (tertiary/aromatic N) is 8. The summed E-state index contributed by atoms with van der Waals surface area (Å²) in [6.45, 7) is 41.3. The number of nitrogens with two attached hydrogens (primary N) is 1. The van der Waals surface area contributed by atoms with Gasteiger partial charge in [0, 0.05) is 82.0 Å². The predicted molar refractivity (Wildman–Crippen MR) is 242 cm³/mol. The Kier molecular flexibility index (Phi) is 139. The third-order valence-corrected chi connectivity index (χ3v) is 3.42. The number of aliphatic hydroxyl groups excluding tert-OH is 1. The zero-order chi connectivity index (χ0) is 46.5. The Labute approximate surface area is 340 Å². The Bertz CT molecular complexity index is 792. The minimum absolute atomic E-state index is 0. The van der Waals surface area contributed by atoms with Crippen molar-refractivity contribution in [1.82, 2.24) is 10.4 Å². The molecule has 338 valence electrons. The zero-order valence-electron chi connectivity index (χ0n) is 36.7. The zero-order valence-corrected chi connectivity index (χ0v) is 36.7. The van der Waals surface area contributed by atoms with Gasteiger partial charge >= 0.3 is 6.18 Å². The Balaban J connectivity index is -0.0000000384. The summed E-state index contributed by atoms with van der Waals surface area (Å²) in [6.07, 6.45) is 0.278. The number of rotatable bonds is 7. The van der Waals surface area contributed by atoms with E-state index in [1.54, 1.807) is 26.0 Å². The number of aliphatic hydroxyl groups is 1. The van der Waals surface area contributed by atoms with Crippen LogP contribution in [0.25, 0.3) is 0 Å². The summed E-state index contributed by atoms with van der Waals surface area (Å²) in [5, 5.41) is 34.3. The fraction of sp³-hybridized carbons (Fsp3) is 0.632. The molecule has 0 aromatic heterocycles. The molecule has 0 bridgehead atoms. The van der Waals surface area contributed by atoms with Gasteiger partial charge in [-0.3, -0.25) is 0 Å². The van der Waals surface area contributed by atoms with Gasteiger partial charge in [0.25, 0.3) is 0 Å². The van der Waals surface area contributed by atoms with Crippen molar-refractivity contribution in [3.05, 3.63) is 35.9 Å². The topological polar surface area (TPSA) is 204 Å². The second-order valence-electron chi connectivity index (χ2n) is 10.5. The lowest BCUT2D eigenvalue weighted by Gasteiger charge is -1.97. The summed E-state index contributed by atoms with van der Waals surface area (Å²) >= 11 is 0. The highest BCUT2D eigenvalue weighted by molar-refractivity contribution is 5.23. The molecule has 0 heterocycles. The Morgan fingerprint density at radius 1 is 0.946 bits per heavy atom. The minimum atomic E-state index is -4.00. The molecule has 18 heteroatoms. The molecule has 0 unspecified atom stereocenters. The third kappa shape index (κ3) is 437. The summed E-state index contributed by atoms with van der Waals surface area (Å²) in [5.41, 5.74) is 3.55. The largest absolute Gasteiger partial charge is 0.411 e. The van der Waals surface area contributed by atoms with Crippen LogP contribution in [0.4, 0.5) is 13.2 Å². The molecule has 5 N–H and O–H groups in total. The molecule has 56 heavy (non-hydrogen) atoms.